The molecule has 0 aliphatic rings. The van der Waals surface area contributed by atoms with Crippen LogP contribution < -0.4 is 19.5 Å². The van der Waals surface area contributed by atoms with E-state index >= 15 is 0 Å². The van der Waals surface area contributed by atoms with Crippen LogP contribution in [0.4, 0.5) is 5.69 Å². The second kappa shape index (κ2) is 8.93. The van der Waals surface area contributed by atoms with Gasteiger partial charge in [-0.15, -0.1) is 0 Å². The summed E-state index contributed by atoms with van der Waals surface area (Å²) in [5.41, 5.74) is 1.05. The van der Waals surface area contributed by atoms with Gasteiger partial charge in [0.25, 0.3) is 0 Å². The molecule has 0 aliphatic carbocycles. The van der Waals surface area contributed by atoms with Gasteiger partial charge in [-0.1, -0.05) is 6.92 Å². The number of ether oxygens (including phenoxy) is 3. The molecule has 2 aromatic carbocycles. The van der Waals surface area contributed by atoms with Gasteiger partial charge in [-0.05, 0) is 61.9 Å². The zero-order chi connectivity index (χ0) is 16.5. The largest absolute Gasteiger partial charge is 0.497 e. The third-order valence-electron chi connectivity index (χ3n) is 3.32. The molecule has 0 aliphatic heterocycles. The Balaban J connectivity index is 1.77. The minimum atomic E-state index is 0.0550. The first-order valence-electron chi connectivity index (χ1n) is 7.98. The predicted octanol–water partition coefficient (Wildman–Crippen LogP) is 4.36. The van der Waals surface area contributed by atoms with Gasteiger partial charge in [0.05, 0.1) is 20.3 Å². The molecule has 0 amide bonds. The summed E-state index contributed by atoms with van der Waals surface area (Å²) in [6.45, 7) is 5.61. The monoisotopic (exact) mass is 315 g/mol. The Kier molecular flexibility index (Phi) is 6.60. The number of nitrogens with one attached hydrogen (secondary N) is 1. The summed E-state index contributed by atoms with van der Waals surface area (Å²) in [5.74, 6) is 2.57. The molecular formula is C19H25NO3. The van der Waals surface area contributed by atoms with Crippen LogP contribution in [0.1, 0.15) is 20.3 Å². The molecule has 1 N–H and O–H groups in total. The number of rotatable bonds is 9. The van der Waals surface area contributed by atoms with E-state index in [1.807, 2.05) is 55.5 Å². The van der Waals surface area contributed by atoms with Gasteiger partial charge in [-0.3, -0.25) is 0 Å². The van der Waals surface area contributed by atoms with Crippen molar-refractivity contribution in [3.63, 3.8) is 0 Å². The van der Waals surface area contributed by atoms with Gasteiger partial charge in [0.1, 0.15) is 23.4 Å². The lowest BCUT2D eigenvalue weighted by Crippen LogP contribution is -2.22. The SMILES string of the molecule is CCCOc1ccc(NCC(C)Oc2ccc(OC)cc2)cc1. The van der Waals surface area contributed by atoms with Gasteiger partial charge < -0.3 is 19.5 Å². The molecule has 2 aromatic rings. The smallest absolute Gasteiger partial charge is 0.120 e. The molecule has 1 atom stereocenters. The van der Waals surface area contributed by atoms with Crippen LogP contribution in [0, 0.1) is 0 Å². The molecule has 124 valence electrons. The molecule has 23 heavy (non-hydrogen) atoms. The van der Waals surface area contributed by atoms with Crippen molar-refractivity contribution in [2.24, 2.45) is 0 Å². The molecule has 4 heteroatoms. The van der Waals surface area contributed by atoms with Crippen LogP contribution in [0.2, 0.25) is 0 Å². The molecule has 0 saturated carbocycles. The summed E-state index contributed by atoms with van der Waals surface area (Å²) in [6.07, 6.45) is 1.07. The summed E-state index contributed by atoms with van der Waals surface area (Å²) in [7, 11) is 1.65. The highest BCUT2D eigenvalue weighted by atomic mass is 16.5. The van der Waals surface area contributed by atoms with Crippen molar-refractivity contribution in [1.29, 1.82) is 0 Å². The molecule has 0 bridgehead atoms. The maximum atomic E-state index is 5.87. The van der Waals surface area contributed by atoms with Crippen LogP contribution in [0.15, 0.2) is 48.5 Å². The molecule has 0 aromatic heterocycles. The Morgan fingerprint density at radius 3 is 2.13 bits per heavy atom. The van der Waals surface area contributed by atoms with Gasteiger partial charge in [0.15, 0.2) is 0 Å². The van der Waals surface area contributed by atoms with E-state index in [1.54, 1.807) is 7.11 Å². The first-order chi connectivity index (χ1) is 11.2. The molecule has 0 radical (unpaired) electrons. The molecule has 0 heterocycles. The van der Waals surface area contributed by atoms with Crippen molar-refractivity contribution in [3.05, 3.63) is 48.5 Å². The highest BCUT2D eigenvalue weighted by Crippen LogP contribution is 2.19. The van der Waals surface area contributed by atoms with Crippen LogP contribution in [0.5, 0.6) is 17.2 Å². The standard InChI is InChI=1S/C19H25NO3/c1-4-13-22-18-7-5-16(6-8-18)20-14-15(2)23-19-11-9-17(21-3)10-12-19/h5-12,15,20H,4,13-14H2,1-3H3. The first-order valence-corrected chi connectivity index (χ1v) is 7.98. The van der Waals surface area contributed by atoms with Crippen molar-refractivity contribution >= 4 is 5.69 Å². The van der Waals surface area contributed by atoms with E-state index in [2.05, 4.69) is 12.2 Å². The second-order valence-electron chi connectivity index (χ2n) is 5.36. The zero-order valence-corrected chi connectivity index (χ0v) is 14.0. The summed E-state index contributed by atoms with van der Waals surface area (Å²) in [5, 5.41) is 3.37. The second-order valence-corrected chi connectivity index (χ2v) is 5.36. The van der Waals surface area contributed by atoms with Gasteiger partial charge in [0, 0.05) is 5.69 Å². The molecule has 0 saturated heterocycles. The third-order valence-corrected chi connectivity index (χ3v) is 3.32. The molecule has 2 rings (SSSR count). The average molecular weight is 315 g/mol. The first kappa shape index (κ1) is 17.0. The Hall–Kier alpha value is -2.36. The minimum Gasteiger partial charge on any atom is -0.497 e. The summed E-state index contributed by atoms with van der Waals surface area (Å²) in [4.78, 5) is 0. The maximum absolute atomic E-state index is 5.87. The summed E-state index contributed by atoms with van der Waals surface area (Å²) in [6, 6.07) is 15.6. The quantitative estimate of drug-likeness (QED) is 0.746. The van der Waals surface area contributed by atoms with Gasteiger partial charge in [0.2, 0.25) is 0 Å². The summed E-state index contributed by atoms with van der Waals surface area (Å²) < 4.78 is 16.6. The van der Waals surface area contributed by atoms with E-state index in [-0.39, 0.29) is 6.10 Å². The van der Waals surface area contributed by atoms with Crippen LogP contribution in [-0.4, -0.2) is 26.4 Å². The van der Waals surface area contributed by atoms with Crippen molar-refractivity contribution < 1.29 is 14.2 Å². The normalized spacial score (nSPS) is 11.6. The molecular weight excluding hydrogens is 290 g/mol. The Morgan fingerprint density at radius 1 is 0.913 bits per heavy atom. The number of benzene rings is 2. The molecule has 1 unspecified atom stereocenters. The molecule has 4 nitrogen and oxygen atoms in total. The fraction of sp³-hybridized carbons (Fsp3) is 0.368. The molecule has 0 fully saturated rings. The van der Waals surface area contributed by atoms with Gasteiger partial charge >= 0.3 is 0 Å². The average Bonchev–Trinajstić information content (AvgIpc) is 2.59. The minimum absolute atomic E-state index is 0.0550. The number of hydrogen-bond donors (Lipinski definition) is 1. The van der Waals surface area contributed by atoms with E-state index in [9.17, 15) is 0 Å². The fourth-order valence-corrected chi connectivity index (χ4v) is 2.08. The lowest BCUT2D eigenvalue weighted by molar-refractivity contribution is 0.234. The third kappa shape index (κ3) is 5.74. The predicted molar refractivity (Wildman–Crippen MR) is 93.8 cm³/mol. The van der Waals surface area contributed by atoms with E-state index < -0.39 is 0 Å². The Morgan fingerprint density at radius 2 is 1.52 bits per heavy atom. The van der Waals surface area contributed by atoms with E-state index in [0.717, 1.165) is 42.5 Å². The number of anilines is 1. The van der Waals surface area contributed by atoms with Crippen molar-refractivity contribution in [2.45, 2.75) is 26.4 Å². The highest BCUT2D eigenvalue weighted by Gasteiger charge is 2.04. The molecule has 0 spiro atoms. The van der Waals surface area contributed by atoms with Crippen LogP contribution in [0.3, 0.4) is 0 Å². The lowest BCUT2D eigenvalue weighted by atomic mass is 10.3. The van der Waals surface area contributed by atoms with Crippen molar-refractivity contribution in [2.75, 3.05) is 25.6 Å². The fourth-order valence-electron chi connectivity index (χ4n) is 2.08. The van der Waals surface area contributed by atoms with Crippen LogP contribution in [0.25, 0.3) is 0 Å². The highest BCUT2D eigenvalue weighted by molar-refractivity contribution is 5.46. The van der Waals surface area contributed by atoms with Crippen molar-refractivity contribution in [1.82, 2.24) is 0 Å². The maximum Gasteiger partial charge on any atom is 0.120 e. The zero-order valence-electron chi connectivity index (χ0n) is 14.0. The van der Waals surface area contributed by atoms with E-state index in [0.29, 0.717) is 0 Å². The van der Waals surface area contributed by atoms with Gasteiger partial charge in [-0.2, -0.15) is 0 Å². The van der Waals surface area contributed by atoms with E-state index in [4.69, 9.17) is 14.2 Å². The Labute approximate surface area is 138 Å². The summed E-state index contributed by atoms with van der Waals surface area (Å²) >= 11 is 0. The number of methoxy groups -OCH3 is 1. The van der Waals surface area contributed by atoms with Crippen molar-refractivity contribution in [3.8, 4) is 17.2 Å². The number of hydrogen-bond acceptors (Lipinski definition) is 4. The lowest BCUT2D eigenvalue weighted by Gasteiger charge is -2.16. The Bertz CT molecular complexity index is 566. The van der Waals surface area contributed by atoms with Crippen LogP contribution in [-0.2, 0) is 0 Å². The topological polar surface area (TPSA) is 39.7 Å². The van der Waals surface area contributed by atoms with Gasteiger partial charge in [-0.25, -0.2) is 0 Å². The van der Waals surface area contributed by atoms with E-state index in [1.165, 1.54) is 0 Å². The van der Waals surface area contributed by atoms with Crippen LogP contribution >= 0.6 is 0 Å².